The van der Waals surface area contributed by atoms with Gasteiger partial charge in [-0.25, -0.2) is 0 Å². The lowest BCUT2D eigenvalue weighted by molar-refractivity contribution is -0.0280. The highest BCUT2D eigenvalue weighted by atomic mass is 16.5. The van der Waals surface area contributed by atoms with Crippen LogP contribution in [0.2, 0.25) is 0 Å². The molecule has 9 heavy (non-hydrogen) atoms. The normalized spacial score (nSPS) is 36.7. The summed E-state index contributed by atoms with van der Waals surface area (Å²) < 4.78 is 5.01. The predicted octanol–water partition coefficient (Wildman–Crippen LogP) is -0.644. The molecule has 3 heteroatoms. The van der Waals surface area contributed by atoms with Crippen LogP contribution >= 0.6 is 0 Å². The fourth-order valence-corrected chi connectivity index (χ4v) is 1.09. The Balaban J connectivity index is 2.30. The molecule has 0 aromatic rings. The molecule has 2 atom stereocenters. The van der Waals surface area contributed by atoms with E-state index >= 15 is 0 Å². The number of ether oxygens (including phenoxy) is 1. The fourth-order valence-electron chi connectivity index (χ4n) is 1.09. The molecular formula is C6H13NO2. The molecule has 0 aromatic heterocycles. The molecule has 54 valence electrons. The van der Waals surface area contributed by atoms with Gasteiger partial charge >= 0.3 is 0 Å². The highest BCUT2D eigenvalue weighted by Gasteiger charge is 2.21. The van der Waals surface area contributed by atoms with E-state index in [9.17, 15) is 5.11 Å². The Morgan fingerprint density at radius 3 is 2.89 bits per heavy atom. The summed E-state index contributed by atoms with van der Waals surface area (Å²) in [6.07, 6.45) is 0.646. The Morgan fingerprint density at radius 2 is 2.44 bits per heavy atom. The monoisotopic (exact) mass is 131 g/mol. The van der Waals surface area contributed by atoms with Crippen molar-refractivity contribution in [1.82, 2.24) is 5.32 Å². The Bertz CT molecular complexity index is 87.1. The summed E-state index contributed by atoms with van der Waals surface area (Å²) in [7, 11) is 1.64. The zero-order valence-electron chi connectivity index (χ0n) is 5.63. The van der Waals surface area contributed by atoms with Gasteiger partial charge < -0.3 is 15.2 Å². The molecule has 1 heterocycles. The molecule has 1 aliphatic rings. The maximum absolute atomic E-state index is 9.18. The number of β-amino-alcohol motifs (C(OH)–C–C–N with tert-alkyl or cyclic N) is 1. The second kappa shape index (κ2) is 3.15. The average molecular weight is 131 g/mol. The van der Waals surface area contributed by atoms with Crippen LogP contribution in [0.3, 0.4) is 0 Å². The maximum Gasteiger partial charge on any atom is 0.0926 e. The van der Waals surface area contributed by atoms with Crippen molar-refractivity contribution in [3.63, 3.8) is 0 Å². The lowest BCUT2D eigenvalue weighted by atomic mass is 10.1. The van der Waals surface area contributed by atoms with Gasteiger partial charge in [-0.2, -0.15) is 0 Å². The number of aliphatic hydroxyl groups excluding tert-OH is 1. The van der Waals surface area contributed by atoms with Crippen molar-refractivity contribution in [2.24, 2.45) is 0 Å². The van der Waals surface area contributed by atoms with Crippen molar-refractivity contribution in [2.75, 3.05) is 20.2 Å². The first-order valence-electron chi connectivity index (χ1n) is 3.26. The molecule has 0 bridgehead atoms. The van der Waals surface area contributed by atoms with E-state index in [0.717, 1.165) is 13.0 Å². The molecule has 0 unspecified atom stereocenters. The van der Waals surface area contributed by atoms with Crippen LogP contribution in [0.15, 0.2) is 0 Å². The van der Waals surface area contributed by atoms with E-state index in [4.69, 9.17) is 4.74 Å². The van der Waals surface area contributed by atoms with Crippen LogP contribution in [0, 0.1) is 0 Å². The van der Waals surface area contributed by atoms with Gasteiger partial charge in [-0.15, -0.1) is 0 Å². The summed E-state index contributed by atoms with van der Waals surface area (Å²) in [5.74, 6) is 0. The van der Waals surface area contributed by atoms with Crippen LogP contribution in [0.1, 0.15) is 6.42 Å². The molecule has 0 amide bonds. The van der Waals surface area contributed by atoms with Crippen LogP contribution < -0.4 is 5.32 Å². The number of hydrogen-bond acceptors (Lipinski definition) is 3. The van der Waals surface area contributed by atoms with Crippen molar-refractivity contribution in [2.45, 2.75) is 18.6 Å². The van der Waals surface area contributed by atoms with Crippen LogP contribution in [0.25, 0.3) is 0 Å². The molecule has 1 rings (SSSR count). The topological polar surface area (TPSA) is 41.5 Å². The van der Waals surface area contributed by atoms with Crippen LogP contribution in [0.4, 0.5) is 0 Å². The first-order chi connectivity index (χ1) is 4.34. The van der Waals surface area contributed by atoms with Crippen molar-refractivity contribution >= 4 is 0 Å². The van der Waals surface area contributed by atoms with Crippen molar-refractivity contribution in [1.29, 1.82) is 0 Å². The Morgan fingerprint density at radius 1 is 1.67 bits per heavy atom. The molecule has 0 spiro atoms. The summed E-state index contributed by atoms with van der Waals surface area (Å²) in [5, 5.41) is 12.3. The second-order valence-electron chi connectivity index (χ2n) is 2.33. The van der Waals surface area contributed by atoms with Crippen molar-refractivity contribution in [3.8, 4) is 0 Å². The van der Waals surface area contributed by atoms with Gasteiger partial charge in [0.05, 0.1) is 12.2 Å². The Labute approximate surface area is 55.0 Å². The summed E-state index contributed by atoms with van der Waals surface area (Å²) in [5.41, 5.74) is 0. The molecule has 2 N–H and O–H groups in total. The first-order valence-corrected chi connectivity index (χ1v) is 3.26. The molecule has 0 saturated carbocycles. The molecule has 0 aromatic carbocycles. The molecular weight excluding hydrogens is 118 g/mol. The minimum absolute atomic E-state index is 0.0475. The smallest absolute Gasteiger partial charge is 0.0926 e. The van der Waals surface area contributed by atoms with Gasteiger partial charge in [-0.05, 0) is 13.0 Å². The van der Waals surface area contributed by atoms with E-state index in [2.05, 4.69) is 5.32 Å². The van der Waals surface area contributed by atoms with E-state index in [1.54, 1.807) is 7.11 Å². The largest absolute Gasteiger partial charge is 0.389 e. The van der Waals surface area contributed by atoms with Gasteiger partial charge in [0.2, 0.25) is 0 Å². The summed E-state index contributed by atoms with van der Waals surface area (Å²) in [6, 6.07) is 0. The number of methoxy groups -OCH3 is 1. The van der Waals surface area contributed by atoms with Gasteiger partial charge in [0, 0.05) is 13.7 Å². The minimum Gasteiger partial charge on any atom is -0.389 e. The maximum atomic E-state index is 9.18. The first kappa shape index (κ1) is 6.99. The highest BCUT2D eigenvalue weighted by molar-refractivity contribution is 4.76. The Hall–Kier alpha value is -0.120. The van der Waals surface area contributed by atoms with E-state index in [-0.39, 0.29) is 12.2 Å². The summed E-state index contributed by atoms with van der Waals surface area (Å²) in [6.45, 7) is 1.62. The fraction of sp³-hybridized carbons (Fsp3) is 1.00. The zero-order chi connectivity index (χ0) is 6.69. The Kier molecular flexibility index (Phi) is 2.45. The quantitative estimate of drug-likeness (QED) is 0.497. The molecule has 0 aliphatic carbocycles. The average Bonchev–Trinajstić information content (AvgIpc) is 1.89. The lowest BCUT2D eigenvalue weighted by Gasteiger charge is -2.26. The number of nitrogens with one attached hydrogen (secondary N) is 1. The van der Waals surface area contributed by atoms with Gasteiger partial charge in [-0.1, -0.05) is 0 Å². The predicted molar refractivity (Wildman–Crippen MR) is 34.3 cm³/mol. The van der Waals surface area contributed by atoms with Gasteiger partial charge in [-0.3, -0.25) is 0 Å². The van der Waals surface area contributed by atoms with E-state index in [1.165, 1.54) is 0 Å². The number of rotatable bonds is 1. The third-order valence-electron chi connectivity index (χ3n) is 1.69. The second-order valence-corrected chi connectivity index (χ2v) is 2.33. The van der Waals surface area contributed by atoms with Gasteiger partial charge in [0.15, 0.2) is 0 Å². The molecule has 3 nitrogen and oxygen atoms in total. The summed E-state index contributed by atoms with van der Waals surface area (Å²) in [4.78, 5) is 0. The molecule has 1 fully saturated rings. The van der Waals surface area contributed by atoms with Crippen LogP contribution in [0.5, 0.6) is 0 Å². The van der Waals surface area contributed by atoms with E-state index < -0.39 is 0 Å². The van der Waals surface area contributed by atoms with E-state index in [1.807, 2.05) is 0 Å². The third kappa shape index (κ3) is 1.64. The standard InChI is InChI=1S/C6H13NO2/c1-9-6-2-3-7-4-5(6)8/h5-8H,2-4H2,1H3/t5-,6+/m1/s1. The van der Waals surface area contributed by atoms with Gasteiger partial charge in [0.1, 0.15) is 0 Å². The summed E-state index contributed by atoms with van der Waals surface area (Å²) >= 11 is 0. The zero-order valence-corrected chi connectivity index (χ0v) is 5.63. The van der Waals surface area contributed by atoms with Crippen LogP contribution in [-0.2, 0) is 4.74 Å². The number of hydrogen-bond donors (Lipinski definition) is 2. The van der Waals surface area contributed by atoms with Crippen molar-refractivity contribution in [3.05, 3.63) is 0 Å². The van der Waals surface area contributed by atoms with E-state index in [0.29, 0.717) is 6.54 Å². The number of aliphatic hydroxyl groups is 1. The van der Waals surface area contributed by atoms with Crippen LogP contribution in [-0.4, -0.2) is 37.5 Å². The van der Waals surface area contributed by atoms with Gasteiger partial charge in [0.25, 0.3) is 0 Å². The highest BCUT2D eigenvalue weighted by Crippen LogP contribution is 2.05. The number of piperidine rings is 1. The molecule has 1 saturated heterocycles. The molecule has 0 radical (unpaired) electrons. The van der Waals surface area contributed by atoms with Crippen molar-refractivity contribution < 1.29 is 9.84 Å². The SMILES string of the molecule is CO[C@H]1CCNC[C@H]1O. The third-order valence-corrected chi connectivity index (χ3v) is 1.69. The molecule has 1 aliphatic heterocycles. The lowest BCUT2D eigenvalue weighted by Crippen LogP contribution is -2.44. The minimum atomic E-state index is -0.316.